The molecule has 0 bridgehead atoms. The van der Waals surface area contributed by atoms with Gasteiger partial charge in [-0.15, -0.1) is 0 Å². The molecule has 2 rings (SSSR count). The number of carbonyl (C=O) groups is 1. The molecule has 0 aliphatic rings. The van der Waals surface area contributed by atoms with Gasteiger partial charge in [0, 0.05) is 18.9 Å². The molecule has 0 spiro atoms. The third kappa shape index (κ3) is 3.07. The summed E-state index contributed by atoms with van der Waals surface area (Å²) < 4.78 is 11.5. The Bertz CT molecular complexity index is 731. The van der Waals surface area contributed by atoms with E-state index in [9.17, 15) is 10.1 Å². The quantitative estimate of drug-likeness (QED) is 0.665. The van der Waals surface area contributed by atoms with Gasteiger partial charge < -0.3 is 15.2 Å². The second kappa shape index (κ2) is 6.74. The van der Waals surface area contributed by atoms with Crippen molar-refractivity contribution in [1.29, 1.82) is 5.26 Å². The van der Waals surface area contributed by atoms with Crippen LogP contribution in [0.2, 0.25) is 0 Å². The number of nitrogens with zero attached hydrogens (tertiary/aromatic N) is 3. The van der Waals surface area contributed by atoms with Crippen LogP contribution in [0.15, 0.2) is 24.5 Å². The molecule has 7 heteroatoms. The first-order valence-corrected chi connectivity index (χ1v) is 6.64. The van der Waals surface area contributed by atoms with Gasteiger partial charge in [0.25, 0.3) is 0 Å². The van der Waals surface area contributed by atoms with E-state index in [0.717, 1.165) is 0 Å². The smallest absolute Gasteiger partial charge is 0.341 e. The monoisotopic (exact) mass is 300 g/mol. The summed E-state index contributed by atoms with van der Waals surface area (Å²) in [7, 11) is 1.55. The van der Waals surface area contributed by atoms with Crippen molar-refractivity contribution < 1.29 is 14.3 Å². The van der Waals surface area contributed by atoms with Crippen LogP contribution in [-0.4, -0.2) is 29.5 Å². The molecule has 22 heavy (non-hydrogen) atoms. The molecule has 0 radical (unpaired) electrons. The van der Waals surface area contributed by atoms with Crippen molar-refractivity contribution in [2.45, 2.75) is 13.5 Å². The van der Waals surface area contributed by atoms with Gasteiger partial charge in [-0.05, 0) is 19.1 Å². The molecule has 2 aromatic rings. The lowest BCUT2D eigenvalue weighted by molar-refractivity contribution is 0.0526. The van der Waals surface area contributed by atoms with Gasteiger partial charge in [-0.2, -0.15) is 10.4 Å². The van der Waals surface area contributed by atoms with Crippen molar-refractivity contribution in [3.63, 3.8) is 0 Å². The van der Waals surface area contributed by atoms with Crippen LogP contribution in [0.25, 0.3) is 5.69 Å². The number of ether oxygens (including phenoxy) is 2. The summed E-state index contributed by atoms with van der Waals surface area (Å²) in [5.74, 6) is -0.443. The van der Waals surface area contributed by atoms with Crippen LogP contribution in [0.5, 0.6) is 0 Å². The lowest BCUT2D eigenvalue weighted by Gasteiger charge is -2.10. The number of esters is 1. The lowest BCUT2D eigenvalue weighted by atomic mass is 10.1. The van der Waals surface area contributed by atoms with Crippen molar-refractivity contribution in [3.05, 3.63) is 41.2 Å². The van der Waals surface area contributed by atoms with Gasteiger partial charge in [-0.25, -0.2) is 9.48 Å². The highest BCUT2D eigenvalue weighted by Gasteiger charge is 2.13. The fourth-order valence-corrected chi connectivity index (χ4v) is 1.98. The number of hydrogen-bond acceptors (Lipinski definition) is 6. The van der Waals surface area contributed by atoms with E-state index in [2.05, 4.69) is 5.10 Å². The van der Waals surface area contributed by atoms with Crippen molar-refractivity contribution >= 4 is 11.7 Å². The van der Waals surface area contributed by atoms with Gasteiger partial charge in [0.2, 0.25) is 0 Å². The van der Waals surface area contributed by atoms with Gasteiger partial charge in [-0.1, -0.05) is 0 Å². The first-order valence-electron chi connectivity index (χ1n) is 6.64. The Morgan fingerprint density at radius 2 is 2.27 bits per heavy atom. The Morgan fingerprint density at radius 1 is 1.50 bits per heavy atom. The van der Waals surface area contributed by atoms with E-state index in [1.807, 2.05) is 6.07 Å². The van der Waals surface area contributed by atoms with Crippen molar-refractivity contribution in [2.24, 2.45) is 0 Å². The van der Waals surface area contributed by atoms with Crippen LogP contribution in [0.1, 0.15) is 28.4 Å². The maximum absolute atomic E-state index is 11.7. The van der Waals surface area contributed by atoms with Crippen LogP contribution in [0.4, 0.5) is 5.69 Å². The molecule has 0 amide bonds. The molecule has 0 fully saturated rings. The molecule has 1 aromatic heterocycles. The number of benzene rings is 1. The molecule has 114 valence electrons. The molecular weight excluding hydrogens is 284 g/mol. The van der Waals surface area contributed by atoms with E-state index in [1.54, 1.807) is 32.4 Å². The third-order valence-electron chi connectivity index (χ3n) is 3.03. The van der Waals surface area contributed by atoms with Gasteiger partial charge in [-0.3, -0.25) is 0 Å². The molecule has 0 saturated heterocycles. The number of methoxy groups -OCH3 is 1. The maximum atomic E-state index is 11.7. The van der Waals surface area contributed by atoms with Crippen molar-refractivity contribution in [3.8, 4) is 11.8 Å². The van der Waals surface area contributed by atoms with Crippen LogP contribution in [0.3, 0.4) is 0 Å². The number of carbonyl (C=O) groups excluding carboxylic acids is 1. The maximum Gasteiger partial charge on any atom is 0.341 e. The van der Waals surface area contributed by atoms with Gasteiger partial charge in [0.1, 0.15) is 6.07 Å². The molecule has 7 nitrogen and oxygen atoms in total. The van der Waals surface area contributed by atoms with Gasteiger partial charge in [0.15, 0.2) is 0 Å². The largest absolute Gasteiger partial charge is 0.462 e. The number of nitriles is 1. The van der Waals surface area contributed by atoms with Gasteiger partial charge >= 0.3 is 5.97 Å². The highest BCUT2D eigenvalue weighted by atomic mass is 16.5. The van der Waals surface area contributed by atoms with Crippen LogP contribution in [0, 0.1) is 11.3 Å². The summed E-state index contributed by atoms with van der Waals surface area (Å²) in [6.07, 6.45) is 2.96. The highest BCUT2D eigenvalue weighted by Crippen LogP contribution is 2.23. The molecule has 2 N–H and O–H groups in total. The van der Waals surface area contributed by atoms with E-state index in [0.29, 0.717) is 34.7 Å². The molecular formula is C15H16N4O3. The first-order chi connectivity index (χ1) is 10.6. The van der Waals surface area contributed by atoms with E-state index in [-0.39, 0.29) is 6.61 Å². The van der Waals surface area contributed by atoms with E-state index >= 15 is 0 Å². The van der Waals surface area contributed by atoms with Crippen molar-refractivity contribution in [1.82, 2.24) is 9.78 Å². The number of rotatable bonds is 5. The van der Waals surface area contributed by atoms with E-state index in [1.165, 1.54) is 10.9 Å². The number of aromatic nitrogens is 2. The standard InChI is InChI=1S/C15H16N4O3/c1-3-22-15(20)12-7-18-19(8-12)13-4-10(6-16)14(17)11(5-13)9-21-2/h4-5,7-8H,3,9,17H2,1-2H3. The molecule has 1 aromatic carbocycles. The summed E-state index contributed by atoms with van der Waals surface area (Å²) in [6, 6.07) is 5.41. The SMILES string of the molecule is CCOC(=O)c1cnn(-c2cc(C#N)c(N)c(COC)c2)c1. The zero-order chi connectivity index (χ0) is 16.1. The number of nitrogen functional groups attached to an aromatic ring is 1. The summed E-state index contributed by atoms with van der Waals surface area (Å²) >= 11 is 0. The third-order valence-corrected chi connectivity index (χ3v) is 3.03. The Hall–Kier alpha value is -2.85. The zero-order valence-corrected chi connectivity index (χ0v) is 12.4. The zero-order valence-electron chi connectivity index (χ0n) is 12.4. The Labute approximate surface area is 127 Å². The van der Waals surface area contributed by atoms with E-state index < -0.39 is 5.97 Å². The Kier molecular flexibility index (Phi) is 4.76. The number of hydrogen-bond donors (Lipinski definition) is 1. The number of anilines is 1. The van der Waals surface area contributed by atoms with Gasteiger partial charge in [0.05, 0.1) is 41.9 Å². The average molecular weight is 300 g/mol. The van der Waals surface area contributed by atoms with Crippen LogP contribution in [-0.2, 0) is 16.1 Å². The molecule has 0 unspecified atom stereocenters. The molecule has 0 saturated carbocycles. The molecule has 0 aliphatic carbocycles. The Morgan fingerprint density at radius 3 is 2.91 bits per heavy atom. The Balaban J connectivity index is 2.42. The average Bonchev–Trinajstić information content (AvgIpc) is 3.00. The molecule has 0 aliphatic heterocycles. The second-order valence-electron chi connectivity index (χ2n) is 4.50. The highest BCUT2D eigenvalue weighted by molar-refractivity contribution is 5.88. The van der Waals surface area contributed by atoms with E-state index in [4.69, 9.17) is 15.2 Å². The minimum absolute atomic E-state index is 0.278. The predicted molar refractivity (Wildman–Crippen MR) is 79.4 cm³/mol. The fourth-order valence-electron chi connectivity index (χ4n) is 1.98. The number of nitrogens with two attached hydrogens (primary N) is 1. The molecule has 1 heterocycles. The molecule has 0 atom stereocenters. The predicted octanol–water partition coefficient (Wildman–Crippen LogP) is 1.65. The van der Waals surface area contributed by atoms with Crippen LogP contribution < -0.4 is 5.73 Å². The topological polar surface area (TPSA) is 103 Å². The summed E-state index contributed by atoms with van der Waals surface area (Å²) in [6.45, 7) is 2.31. The fraction of sp³-hybridized carbons (Fsp3) is 0.267. The lowest BCUT2D eigenvalue weighted by Crippen LogP contribution is -2.04. The summed E-state index contributed by atoms with van der Waals surface area (Å²) in [4.78, 5) is 11.7. The minimum Gasteiger partial charge on any atom is -0.462 e. The minimum atomic E-state index is -0.443. The summed E-state index contributed by atoms with van der Waals surface area (Å²) in [5.41, 5.74) is 8.27. The second-order valence-corrected chi connectivity index (χ2v) is 4.50. The first kappa shape index (κ1) is 15.5. The summed E-state index contributed by atoms with van der Waals surface area (Å²) in [5, 5.41) is 13.3. The normalized spacial score (nSPS) is 10.2. The van der Waals surface area contributed by atoms with Crippen LogP contribution >= 0.6 is 0 Å². The van der Waals surface area contributed by atoms with Crippen molar-refractivity contribution in [2.75, 3.05) is 19.5 Å².